The summed E-state index contributed by atoms with van der Waals surface area (Å²) in [5.41, 5.74) is 3.73. The Morgan fingerprint density at radius 3 is 3.00 bits per heavy atom. The van der Waals surface area contributed by atoms with Gasteiger partial charge in [-0.05, 0) is 65.6 Å². The van der Waals surface area contributed by atoms with E-state index in [0.29, 0.717) is 6.61 Å². The van der Waals surface area contributed by atoms with Gasteiger partial charge in [0, 0.05) is 11.0 Å². The Bertz CT molecular complexity index is 685. The molecule has 0 aliphatic heterocycles. The van der Waals surface area contributed by atoms with Crippen LogP contribution in [0, 0.1) is 0 Å². The number of benzene rings is 1. The maximum absolute atomic E-state index is 10.6. The van der Waals surface area contributed by atoms with E-state index in [4.69, 9.17) is 9.84 Å². The zero-order valence-electron chi connectivity index (χ0n) is 11.5. The van der Waals surface area contributed by atoms with E-state index in [1.165, 1.54) is 24.0 Å². The van der Waals surface area contributed by atoms with Crippen LogP contribution in [-0.4, -0.2) is 11.1 Å². The van der Waals surface area contributed by atoms with Gasteiger partial charge in [-0.1, -0.05) is 6.07 Å². The van der Waals surface area contributed by atoms with Crippen LogP contribution < -0.4 is 4.74 Å². The third-order valence-electron chi connectivity index (χ3n) is 3.63. The van der Waals surface area contributed by atoms with Crippen LogP contribution in [0.4, 0.5) is 0 Å². The molecule has 0 saturated heterocycles. The molecule has 3 rings (SSSR count). The lowest BCUT2D eigenvalue weighted by Crippen LogP contribution is -1.96. The lowest BCUT2D eigenvalue weighted by Gasteiger charge is -2.08. The van der Waals surface area contributed by atoms with Crippen molar-refractivity contribution in [2.75, 3.05) is 0 Å². The van der Waals surface area contributed by atoms with Crippen LogP contribution in [0.1, 0.15) is 28.0 Å². The largest absolute Gasteiger partial charge is 0.488 e. The number of aryl methyl sites for hydroxylation is 2. The number of carboxylic acids is 1. The number of hydrogen-bond donors (Lipinski definition) is 1. The van der Waals surface area contributed by atoms with Crippen molar-refractivity contribution in [1.29, 1.82) is 0 Å². The second-order valence-corrected chi connectivity index (χ2v) is 6.04. The highest BCUT2D eigenvalue weighted by Gasteiger charge is 2.11. The molecule has 0 radical (unpaired) electrons. The van der Waals surface area contributed by atoms with Crippen molar-refractivity contribution in [2.24, 2.45) is 0 Å². The second kappa shape index (κ2) is 6.14. The Morgan fingerprint density at radius 1 is 1.29 bits per heavy atom. The molecule has 21 heavy (non-hydrogen) atoms. The summed E-state index contributed by atoms with van der Waals surface area (Å²) in [5.74, 6) is -0.0519. The Hall–Kier alpha value is -2.07. The van der Waals surface area contributed by atoms with Gasteiger partial charge in [0.05, 0.1) is 0 Å². The molecule has 0 saturated carbocycles. The number of hydrogen-bond acceptors (Lipinski definition) is 3. The Kier molecular flexibility index (Phi) is 4.06. The summed E-state index contributed by atoms with van der Waals surface area (Å²) in [7, 11) is 0. The van der Waals surface area contributed by atoms with Crippen molar-refractivity contribution in [1.82, 2.24) is 0 Å². The van der Waals surface area contributed by atoms with E-state index in [1.54, 1.807) is 17.4 Å². The molecule has 1 aromatic heterocycles. The molecule has 0 atom stereocenters. The van der Waals surface area contributed by atoms with Gasteiger partial charge >= 0.3 is 5.97 Å². The van der Waals surface area contributed by atoms with Crippen molar-refractivity contribution in [2.45, 2.75) is 25.9 Å². The molecule has 1 aliphatic rings. The van der Waals surface area contributed by atoms with Gasteiger partial charge in [0.15, 0.2) is 0 Å². The fourth-order valence-corrected chi connectivity index (χ4v) is 3.34. The van der Waals surface area contributed by atoms with Crippen molar-refractivity contribution in [3.63, 3.8) is 0 Å². The fraction of sp³-hybridized carbons (Fsp3) is 0.235. The number of thiophene rings is 1. The van der Waals surface area contributed by atoms with Crippen LogP contribution >= 0.6 is 11.3 Å². The van der Waals surface area contributed by atoms with E-state index in [1.807, 2.05) is 17.5 Å². The maximum atomic E-state index is 10.6. The molecule has 4 heteroatoms. The van der Waals surface area contributed by atoms with E-state index in [2.05, 4.69) is 12.1 Å². The molecular weight excluding hydrogens is 284 g/mol. The van der Waals surface area contributed by atoms with Gasteiger partial charge in [-0.25, -0.2) is 4.79 Å². The molecule has 0 fully saturated rings. The third-order valence-corrected chi connectivity index (χ3v) is 4.54. The number of ether oxygens (including phenoxy) is 1. The Balaban J connectivity index is 1.68. The van der Waals surface area contributed by atoms with Gasteiger partial charge in [-0.15, -0.1) is 11.3 Å². The summed E-state index contributed by atoms with van der Waals surface area (Å²) in [6.07, 6.45) is 6.30. The van der Waals surface area contributed by atoms with E-state index in [-0.39, 0.29) is 0 Å². The first-order chi connectivity index (χ1) is 10.2. The van der Waals surface area contributed by atoms with Gasteiger partial charge in [0.25, 0.3) is 0 Å². The summed E-state index contributed by atoms with van der Waals surface area (Å²) < 4.78 is 5.85. The van der Waals surface area contributed by atoms with Crippen LogP contribution in [0.2, 0.25) is 0 Å². The molecule has 1 aromatic carbocycles. The average Bonchev–Trinajstić information content (AvgIpc) is 3.11. The highest BCUT2D eigenvalue weighted by Crippen LogP contribution is 2.27. The summed E-state index contributed by atoms with van der Waals surface area (Å²) in [4.78, 5) is 11.6. The predicted molar refractivity (Wildman–Crippen MR) is 83.8 cm³/mol. The van der Waals surface area contributed by atoms with Crippen molar-refractivity contribution < 1.29 is 14.6 Å². The molecule has 0 bridgehead atoms. The van der Waals surface area contributed by atoms with Crippen molar-refractivity contribution in [3.8, 4) is 5.75 Å². The molecule has 1 N–H and O–H groups in total. The molecule has 1 aliphatic carbocycles. The van der Waals surface area contributed by atoms with E-state index >= 15 is 0 Å². The lowest BCUT2D eigenvalue weighted by atomic mass is 10.1. The predicted octanol–water partition coefficient (Wildman–Crippen LogP) is 3.91. The molecule has 1 heterocycles. The topological polar surface area (TPSA) is 46.5 Å². The van der Waals surface area contributed by atoms with Crippen molar-refractivity contribution >= 4 is 23.4 Å². The minimum absolute atomic E-state index is 0.468. The number of aliphatic carboxylic acids is 1. The Labute approximate surface area is 127 Å². The van der Waals surface area contributed by atoms with Gasteiger partial charge in [-0.2, -0.15) is 0 Å². The fourth-order valence-electron chi connectivity index (χ4n) is 2.56. The molecule has 108 valence electrons. The smallest absolute Gasteiger partial charge is 0.328 e. The highest BCUT2D eigenvalue weighted by molar-refractivity contribution is 7.10. The van der Waals surface area contributed by atoms with Gasteiger partial charge in [-0.3, -0.25) is 0 Å². The minimum atomic E-state index is -0.938. The minimum Gasteiger partial charge on any atom is -0.488 e. The van der Waals surface area contributed by atoms with Crippen LogP contribution in [0.5, 0.6) is 5.75 Å². The zero-order chi connectivity index (χ0) is 14.7. The van der Waals surface area contributed by atoms with Crippen LogP contribution in [0.15, 0.2) is 35.7 Å². The first-order valence-corrected chi connectivity index (χ1v) is 7.82. The molecule has 0 unspecified atom stereocenters. The summed E-state index contributed by atoms with van der Waals surface area (Å²) >= 11 is 1.58. The molecule has 2 aromatic rings. The van der Waals surface area contributed by atoms with Gasteiger partial charge in [0.2, 0.25) is 0 Å². The number of rotatable bonds is 5. The van der Waals surface area contributed by atoms with Crippen LogP contribution in [0.3, 0.4) is 0 Å². The normalized spacial score (nSPS) is 13.5. The zero-order valence-corrected chi connectivity index (χ0v) is 12.4. The standard InChI is InChI=1S/C17H16O3S/c18-17(19)7-5-13-8-9-21-16(13)11-20-15-6-4-12-2-1-3-14(12)10-15/h4-10H,1-3,11H2,(H,18,19). The van der Waals surface area contributed by atoms with Crippen LogP contribution in [0.25, 0.3) is 6.08 Å². The molecule has 0 spiro atoms. The van der Waals surface area contributed by atoms with Gasteiger partial charge < -0.3 is 9.84 Å². The molecular formula is C17H16O3S. The van der Waals surface area contributed by atoms with Crippen molar-refractivity contribution in [3.05, 3.63) is 57.3 Å². The molecule has 3 nitrogen and oxygen atoms in total. The van der Waals surface area contributed by atoms with E-state index in [0.717, 1.165) is 28.7 Å². The number of fused-ring (bicyclic) bond motifs is 1. The first-order valence-electron chi connectivity index (χ1n) is 6.94. The van der Waals surface area contributed by atoms with Gasteiger partial charge in [0.1, 0.15) is 12.4 Å². The number of carboxylic acid groups (broad SMARTS) is 1. The van der Waals surface area contributed by atoms with E-state index < -0.39 is 5.97 Å². The maximum Gasteiger partial charge on any atom is 0.328 e. The summed E-state index contributed by atoms with van der Waals surface area (Å²) in [5, 5.41) is 10.6. The SMILES string of the molecule is O=C(O)C=Cc1ccsc1COc1ccc2c(c1)CCC2. The van der Waals surface area contributed by atoms with Crippen LogP contribution in [-0.2, 0) is 24.2 Å². The summed E-state index contributed by atoms with van der Waals surface area (Å²) in [6.45, 7) is 0.468. The van der Waals surface area contributed by atoms with E-state index in [9.17, 15) is 4.79 Å². The number of carbonyl (C=O) groups is 1. The quantitative estimate of drug-likeness (QED) is 0.851. The summed E-state index contributed by atoms with van der Waals surface area (Å²) in [6, 6.07) is 8.20. The average molecular weight is 300 g/mol. The Morgan fingerprint density at radius 2 is 2.14 bits per heavy atom. The highest BCUT2D eigenvalue weighted by atomic mass is 32.1. The second-order valence-electron chi connectivity index (χ2n) is 5.04. The third kappa shape index (κ3) is 3.34. The lowest BCUT2D eigenvalue weighted by molar-refractivity contribution is -0.131. The molecule has 0 amide bonds. The monoisotopic (exact) mass is 300 g/mol. The first kappa shape index (κ1) is 13.9.